The van der Waals surface area contributed by atoms with Crippen molar-refractivity contribution in [2.75, 3.05) is 0 Å². The molecular formula is C32H22O6. The van der Waals surface area contributed by atoms with Crippen molar-refractivity contribution in [1.82, 2.24) is 0 Å². The van der Waals surface area contributed by atoms with Gasteiger partial charge in [-0.15, -0.1) is 0 Å². The summed E-state index contributed by atoms with van der Waals surface area (Å²) in [5.41, 5.74) is 4.65. The Hall–Kier alpha value is -5.36. The van der Waals surface area contributed by atoms with Crippen LogP contribution in [0.2, 0.25) is 0 Å². The van der Waals surface area contributed by atoms with E-state index in [1.165, 1.54) is 24.3 Å². The highest BCUT2D eigenvalue weighted by Crippen LogP contribution is 2.30. The fourth-order valence-corrected chi connectivity index (χ4v) is 3.89. The molecule has 0 atom stereocenters. The highest BCUT2D eigenvalue weighted by Gasteiger charge is 2.06. The minimum Gasteiger partial charge on any atom is -0.478 e. The monoisotopic (exact) mass is 502 g/mol. The molecule has 38 heavy (non-hydrogen) atoms. The van der Waals surface area contributed by atoms with Crippen molar-refractivity contribution >= 4 is 11.9 Å². The van der Waals surface area contributed by atoms with E-state index in [-0.39, 0.29) is 11.1 Å². The first-order valence-corrected chi connectivity index (χ1v) is 11.8. The van der Waals surface area contributed by atoms with Gasteiger partial charge in [0.1, 0.15) is 23.0 Å². The average molecular weight is 503 g/mol. The van der Waals surface area contributed by atoms with Gasteiger partial charge >= 0.3 is 11.9 Å². The maximum atomic E-state index is 11.0. The van der Waals surface area contributed by atoms with Crippen molar-refractivity contribution in [3.05, 3.63) is 132 Å². The maximum Gasteiger partial charge on any atom is 0.335 e. The first kappa shape index (κ1) is 24.3. The highest BCUT2D eigenvalue weighted by atomic mass is 16.5. The van der Waals surface area contributed by atoms with Gasteiger partial charge in [0, 0.05) is 0 Å². The Morgan fingerprint density at radius 3 is 0.816 bits per heavy atom. The lowest BCUT2D eigenvalue weighted by molar-refractivity contribution is 0.0686. The number of aromatic carboxylic acids is 2. The zero-order valence-electron chi connectivity index (χ0n) is 20.1. The Bertz CT molecular complexity index is 1430. The molecule has 186 valence electrons. The number of hydrogen-bond donors (Lipinski definition) is 2. The molecule has 0 unspecified atom stereocenters. The van der Waals surface area contributed by atoms with Gasteiger partial charge in [0.15, 0.2) is 0 Å². The van der Waals surface area contributed by atoms with Crippen LogP contribution >= 0.6 is 0 Å². The third-order valence-electron chi connectivity index (χ3n) is 5.93. The topological polar surface area (TPSA) is 93.1 Å². The van der Waals surface area contributed by atoms with Gasteiger partial charge in [-0.3, -0.25) is 0 Å². The Morgan fingerprint density at radius 1 is 0.368 bits per heavy atom. The average Bonchev–Trinajstić information content (AvgIpc) is 2.95. The van der Waals surface area contributed by atoms with Crippen molar-refractivity contribution in [1.29, 1.82) is 0 Å². The first-order valence-electron chi connectivity index (χ1n) is 11.8. The van der Waals surface area contributed by atoms with Gasteiger partial charge in [0.2, 0.25) is 0 Å². The maximum absolute atomic E-state index is 11.0. The lowest BCUT2D eigenvalue weighted by atomic mass is 10.0. The fourth-order valence-electron chi connectivity index (χ4n) is 3.89. The zero-order valence-corrected chi connectivity index (χ0v) is 20.1. The van der Waals surface area contributed by atoms with Crippen molar-refractivity contribution < 1.29 is 29.3 Å². The molecule has 0 aliphatic heterocycles. The summed E-state index contributed by atoms with van der Waals surface area (Å²) in [5.74, 6) is 0.515. The van der Waals surface area contributed by atoms with Crippen LogP contribution in [0, 0.1) is 0 Å². The molecule has 0 heterocycles. The van der Waals surface area contributed by atoms with Gasteiger partial charge in [0.05, 0.1) is 11.1 Å². The highest BCUT2D eigenvalue weighted by molar-refractivity contribution is 5.88. The van der Waals surface area contributed by atoms with Crippen LogP contribution in [0.3, 0.4) is 0 Å². The molecule has 0 bridgehead atoms. The van der Waals surface area contributed by atoms with E-state index in [1.807, 2.05) is 48.5 Å². The quantitative estimate of drug-likeness (QED) is 0.223. The SMILES string of the molecule is O=C(O)c1ccc(Oc2ccc(-c3ccc(-c4ccc(Oc5ccc(C(=O)O)cc5)cc4)cc3)cc2)cc1. The molecule has 0 fully saturated rings. The lowest BCUT2D eigenvalue weighted by Gasteiger charge is -2.09. The molecular weight excluding hydrogens is 480 g/mol. The van der Waals surface area contributed by atoms with E-state index in [0.29, 0.717) is 23.0 Å². The number of carboxylic acids is 2. The lowest BCUT2D eigenvalue weighted by Crippen LogP contribution is -1.95. The summed E-state index contributed by atoms with van der Waals surface area (Å²) in [6.07, 6.45) is 0. The van der Waals surface area contributed by atoms with Crippen LogP contribution in [0.25, 0.3) is 22.3 Å². The number of ether oxygens (including phenoxy) is 2. The van der Waals surface area contributed by atoms with Crippen molar-refractivity contribution in [3.63, 3.8) is 0 Å². The first-order chi connectivity index (χ1) is 18.4. The van der Waals surface area contributed by atoms with E-state index >= 15 is 0 Å². The number of carbonyl (C=O) groups is 2. The Morgan fingerprint density at radius 2 is 0.579 bits per heavy atom. The molecule has 0 amide bonds. The number of benzene rings is 5. The second-order valence-electron chi connectivity index (χ2n) is 8.49. The summed E-state index contributed by atoms with van der Waals surface area (Å²) in [4.78, 5) is 22.0. The number of hydrogen-bond acceptors (Lipinski definition) is 4. The summed E-state index contributed by atoms with van der Waals surface area (Å²) in [6, 6.07) is 36.2. The van der Waals surface area contributed by atoms with E-state index < -0.39 is 11.9 Å². The van der Waals surface area contributed by atoms with E-state index in [1.54, 1.807) is 24.3 Å². The van der Waals surface area contributed by atoms with E-state index in [2.05, 4.69) is 24.3 Å². The van der Waals surface area contributed by atoms with Gasteiger partial charge in [-0.1, -0.05) is 48.5 Å². The smallest absolute Gasteiger partial charge is 0.335 e. The molecule has 0 spiro atoms. The van der Waals surface area contributed by atoms with Crippen LogP contribution in [0.4, 0.5) is 0 Å². The van der Waals surface area contributed by atoms with Gasteiger partial charge in [-0.25, -0.2) is 9.59 Å². The number of carboxylic acid groups (broad SMARTS) is 2. The molecule has 6 heteroatoms. The summed E-state index contributed by atoms with van der Waals surface area (Å²) >= 11 is 0. The minimum absolute atomic E-state index is 0.213. The van der Waals surface area contributed by atoms with Crippen LogP contribution < -0.4 is 9.47 Å². The molecule has 6 nitrogen and oxygen atoms in total. The van der Waals surface area contributed by atoms with Gasteiger partial charge < -0.3 is 19.7 Å². The van der Waals surface area contributed by atoms with Crippen LogP contribution in [0.1, 0.15) is 20.7 Å². The van der Waals surface area contributed by atoms with E-state index in [9.17, 15) is 9.59 Å². The molecule has 0 aromatic heterocycles. The second-order valence-corrected chi connectivity index (χ2v) is 8.49. The molecule has 5 aromatic rings. The number of rotatable bonds is 8. The third kappa shape index (κ3) is 5.71. The summed E-state index contributed by atoms with van der Waals surface area (Å²) in [6.45, 7) is 0. The Labute approximate surface area is 219 Å². The summed E-state index contributed by atoms with van der Waals surface area (Å²) < 4.78 is 11.6. The van der Waals surface area contributed by atoms with Gasteiger partial charge in [0.25, 0.3) is 0 Å². The second kappa shape index (κ2) is 10.7. The molecule has 5 rings (SSSR count). The molecule has 5 aromatic carbocycles. The molecule has 0 radical (unpaired) electrons. The molecule has 0 saturated heterocycles. The summed E-state index contributed by atoms with van der Waals surface area (Å²) in [5, 5.41) is 18.0. The zero-order chi connectivity index (χ0) is 26.5. The predicted octanol–water partition coefficient (Wildman–Crippen LogP) is 8.00. The van der Waals surface area contributed by atoms with E-state index in [4.69, 9.17) is 19.7 Å². The Balaban J connectivity index is 1.22. The summed E-state index contributed by atoms with van der Waals surface area (Å²) in [7, 11) is 0. The molecule has 0 aliphatic rings. The van der Waals surface area contributed by atoms with Crippen LogP contribution in [-0.2, 0) is 0 Å². The van der Waals surface area contributed by atoms with Crippen molar-refractivity contribution in [3.8, 4) is 45.3 Å². The van der Waals surface area contributed by atoms with Gasteiger partial charge in [-0.05, 0) is 95.1 Å². The third-order valence-corrected chi connectivity index (χ3v) is 5.93. The van der Waals surface area contributed by atoms with Crippen LogP contribution in [0.15, 0.2) is 121 Å². The fraction of sp³-hybridized carbons (Fsp3) is 0. The van der Waals surface area contributed by atoms with Crippen LogP contribution in [0.5, 0.6) is 23.0 Å². The largest absolute Gasteiger partial charge is 0.478 e. The molecule has 0 aliphatic carbocycles. The van der Waals surface area contributed by atoms with E-state index in [0.717, 1.165) is 22.3 Å². The van der Waals surface area contributed by atoms with Gasteiger partial charge in [-0.2, -0.15) is 0 Å². The minimum atomic E-state index is -0.972. The molecule has 2 N–H and O–H groups in total. The standard InChI is InChI=1S/C32H22O6/c33-31(34)25-9-17-29(18-10-25)37-27-13-5-23(6-14-27)21-1-2-22(4-3-21)24-7-15-28(16-8-24)38-30-19-11-26(12-20-30)32(35)36/h1-20H,(H,33,34)(H,35,36). The van der Waals surface area contributed by atoms with Crippen LogP contribution in [-0.4, -0.2) is 22.2 Å². The predicted molar refractivity (Wildman–Crippen MR) is 144 cm³/mol. The van der Waals surface area contributed by atoms with Crippen molar-refractivity contribution in [2.45, 2.75) is 0 Å². The normalized spacial score (nSPS) is 10.5. The Kier molecular flexibility index (Phi) is 6.87. The van der Waals surface area contributed by atoms with Crippen molar-refractivity contribution in [2.24, 2.45) is 0 Å². The molecule has 0 saturated carbocycles.